The summed E-state index contributed by atoms with van der Waals surface area (Å²) in [5.74, 6) is -0.0546. The van der Waals surface area contributed by atoms with Gasteiger partial charge in [0.25, 0.3) is 5.69 Å². The van der Waals surface area contributed by atoms with E-state index in [9.17, 15) is 14.9 Å². The predicted octanol–water partition coefficient (Wildman–Crippen LogP) is 4.63. The van der Waals surface area contributed by atoms with E-state index in [4.69, 9.17) is 12.2 Å². The maximum absolute atomic E-state index is 12.1. The van der Waals surface area contributed by atoms with Gasteiger partial charge in [0.05, 0.1) is 4.92 Å². The van der Waals surface area contributed by atoms with Gasteiger partial charge in [-0.25, -0.2) is 0 Å². The molecule has 1 atom stereocenters. The summed E-state index contributed by atoms with van der Waals surface area (Å²) in [6, 6.07) is 13.8. The van der Waals surface area contributed by atoms with Gasteiger partial charge in [-0.15, -0.1) is 0 Å². The summed E-state index contributed by atoms with van der Waals surface area (Å²) in [7, 11) is 0. The highest BCUT2D eigenvalue weighted by Crippen LogP contribution is 2.26. The number of anilines is 1. The highest BCUT2D eigenvalue weighted by atomic mass is 32.1. The standard InChI is InChI=1S/C20H21N3O3S/c1-3-14(2)17-9-4-5-10-18(17)21-20(27)22-19(24)12-11-15-7-6-8-16(13-15)23(25)26/h4-14H,3H2,1-2H3,(H2,21,22,24,27)/b12-11+. The zero-order valence-electron chi connectivity index (χ0n) is 15.1. The van der Waals surface area contributed by atoms with Crippen LogP contribution in [0.4, 0.5) is 11.4 Å². The molecule has 0 fully saturated rings. The molecule has 0 spiro atoms. The minimum absolute atomic E-state index is 0.0311. The Bertz CT molecular complexity index is 880. The SMILES string of the molecule is CCC(C)c1ccccc1NC(=S)NC(=O)/C=C/c1cccc([N+](=O)[O-])c1. The number of amides is 1. The van der Waals surface area contributed by atoms with Gasteiger partial charge in [0.1, 0.15) is 0 Å². The van der Waals surface area contributed by atoms with Crippen molar-refractivity contribution in [1.29, 1.82) is 0 Å². The van der Waals surface area contributed by atoms with Crippen LogP contribution in [0.15, 0.2) is 54.6 Å². The smallest absolute Gasteiger partial charge is 0.270 e. The van der Waals surface area contributed by atoms with E-state index in [1.54, 1.807) is 12.1 Å². The molecule has 1 amide bonds. The monoisotopic (exact) mass is 383 g/mol. The second kappa shape index (κ2) is 9.59. The summed E-state index contributed by atoms with van der Waals surface area (Å²) in [5.41, 5.74) is 2.51. The summed E-state index contributed by atoms with van der Waals surface area (Å²) in [6.45, 7) is 4.24. The van der Waals surface area contributed by atoms with Gasteiger partial charge < -0.3 is 5.32 Å². The first-order chi connectivity index (χ1) is 12.9. The first-order valence-corrected chi connectivity index (χ1v) is 8.95. The number of thiocarbonyl (C=S) groups is 1. The van der Waals surface area contributed by atoms with Crippen LogP contribution in [0.2, 0.25) is 0 Å². The summed E-state index contributed by atoms with van der Waals surface area (Å²) in [4.78, 5) is 22.4. The van der Waals surface area contributed by atoms with Gasteiger partial charge in [-0.1, -0.05) is 44.2 Å². The van der Waals surface area contributed by atoms with Crippen molar-refractivity contribution in [2.45, 2.75) is 26.2 Å². The van der Waals surface area contributed by atoms with Crippen LogP contribution in [-0.2, 0) is 4.79 Å². The minimum Gasteiger partial charge on any atom is -0.332 e. The van der Waals surface area contributed by atoms with Gasteiger partial charge >= 0.3 is 0 Å². The number of carbonyl (C=O) groups excluding carboxylic acids is 1. The van der Waals surface area contributed by atoms with Gasteiger partial charge in [-0.05, 0) is 47.8 Å². The maximum atomic E-state index is 12.1. The molecule has 7 heteroatoms. The zero-order valence-corrected chi connectivity index (χ0v) is 16.0. The van der Waals surface area contributed by atoms with Gasteiger partial charge in [0.15, 0.2) is 5.11 Å². The normalized spacial score (nSPS) is 11.8. The Morgan fingerprint density at radius 2 is 2.00 bits per heavy atom. The van der Waals surface area contributed by atoms with E-state index >= 15 is 0 Å². The number of carbonyl (C=O) groups is 1. The van der Waals surface area contributed by atoms with Gasteiger partial charge in [0.2, 0.25) is 5.91 Å². The Morgan fingerprint density at radius 1 is 1.26 bits per heavy atom. The van der Waals surface area contributed by atoms with Gasteiger partial charge in [-0.2, -0.15) is 0 Å². The highest BCUT2D eigenvalue weighted by molar-refractivity contribution is 7.80. The molecule has 0 aliphatic rings. The maximum Gasteiger partial charge on any atom is 0.270 e. The molecule has 140 valence electrons. The Kier molecular flexibility index (Phi) is 7.19. The van der Waals surface area contributed by atoms with E-state index in [-0.39, 0.29) is 10.8 Å². The lowest BCUT2D eigenvalue weighted by Crippen LogP contribution is -2.33. The van der Waals surface area contributed by atoms with Crippen LogP contribution in [0.25, 0.3) is 6.08 Å². The molecule has 0 heterocycles. The molecule has 0 aromatic heterocycles. The van der Waals surface area contributed by atoms with E-state index in [1.807, 2.05) is 24.3 Å². The van der Waals surface area contributed by atoms with Crippen molar-refractivity contribution < 1.29 is 9.72 Å². The average Bonchev–Trinajstić information content (AvgIpc) is 2.66. The summed E-state index contributed by atoms with van der Waals surface area (Å²) in [5, 5.41) is 16.6. The van der Waals surface area contributed by atoms with Crippen LogP contribution in [0.1, 0.15) is 37.3 Å². The molecule has 2 aromatic rings. The van der Waals surface area contributed by atoms with Crippen molar-refractivity contribution in [2.75, 3.05) is 5.32 Å². The van der Waals surface area contributed by atoms with E-state index in [2.05, 4.69) is 24.5 Å². The Morgan fingerprint density at radius 3 is 2.70 bits per heavy atom. The fourth-order valence-corrected chi connectivity index (χ4v) is 2.69. The third kappa shape index (κ3) is 6.00. The molecule has 2 N–H and O–H groups in total. The molecule has 0 saturated heterocycles. The van der Waals surface area contributed by atoms with Crippen molar-refractivity contribution in [3.63, 3.8) is 0 Å². The van der Waals surface area contributed by atoms with Crippen LogP contribution in [0.3, 0.4) is 0 Å². The number of hydrogen-bond donors (Lipinski definition) is 2. The first-order valence-electron chi connectivity index (χ1n) is 8.54. The van der Waals surface area contributed by atoms with Gasteiger partial charge in [0, 0.05) is 23.9 Å². The molecule has 0 radical (unpaired) electrons. The second-order valence-corrected chi connectivity index (χ2v) is 6.43. The lowest BCUT2D eigenvalue weighted by molar-refractivity contribution is -0.384. The first kappa shape index (κ1) is 20.3. The number of hydrogen-bond acceptors (Lipinski definition) is 4. The average molecular weight is 383 g/mol. The van der Waals surface area contributed by atoms with Crippen LogP contribution in [0, 0.1) is 10.1 Å². The second-order valence-electron chi connectivity index (χ2n) is 6.03. The van der Waals surface area contributed by atoms with E-state index in [1.165, 1.54) is 24.3 Å². The van der Waals surface area contributed by atoms with Crippen LogP contribution in [0.5, 0.6) is 0 Å². The number of non-ortho nitro benzene ring substituents is 1. The van der Waals surface area contributed by atoms with Crippen molar-refractivity contribution >= 4 is 40.7 Å². The fourth-order valence-electron chi connectivity index (χ4n) is 2.48. The molecular formula is C20H21N3O3S. The van der Waals surface area contributed by atoms with E-state index < -0.39 is 10.8 Å². The lowest BCUT2D eigenvalue weighted by atomic mass is 9.97. The summed E-state index contributed by atoms with van der Waals surface area (Å²) in [6.07, 6.45) is 3.77. The molecule has 2 rings (SSSR count). The van der Waals surface area contributed by atoms with Crippen molar-refractivity contribution in [1.82, 2.24) is 5.32 Å². The highest BCUT2D eigenvalue weighted by Gasteiger charge is 2.10. The number of nitrogens with one attached hydrogen (secondary N) is 2. The van der Waals surface area contributed by atoms with Gasteiger partial charge in [-0.3, -0.25) is 20.2 Å². The lowest BCUT2D eigenvalue weighted by Gasteiger charge is -2.16. The summed E-state index contributed by atoms with van der Waals surface area (Å²) < 4.78 is 0. The molecule has 2 aromatic carbocycles. The number of nitro benzene ring substituents is 1. The molecule has 0 bridgehead atoms. The number of nitrogens with zero attached hydrogens (tertiary/aromatic N) is 1. The Hall–Kier alpha value is -3.06. The largest absolute Gasteiger partial charge is 0.332 e. The molecule has 1 unspecified atom stereocenters. The molecular weight excluding hydrogens is 362 g/mol. The number of nitro groups is 1. The van der Waals surface area contributed by atoms with Crippen molar-refractivity contribution in [2.24, 2.45) is 0 Å². The third-order valence-corrected chi connectivity index (χ3v) is 4.30. The predicted molar refractivity (Wildman–Crippen MR) is 112 cm³/mol. The Labute approximate surface area is 163 Å². The Balaban J connectivity index is 1.99. The van der Waals surface area contributed by atoms with Crippen LogP contribution in [-0.4, -0.2) is 15.9 Å². The van der Waals surface area contributed by atoms with Crippen molar-refractivity contribution in [3.05, 3.63) is 75.8 Å². The quantitative estimate of drug-likeness (QED) is 0.329. The van der Waals surface area contributed by atoms with Crippen LogP contribution >= 0.6 is 12.2 Å². The number of rotatable bonds is 6. The van der Waals surface area contributed by atoms with Crippen molar-refractivity contribution in [3.8, 4) is 0 Å². The molecule has 0 aliphatic heterocycles. The third-order valence-electron chi connectivity index (χ3n) is 4.10. The molecule has 0 aliphatic carbocycles. The zero-order chi connectivity index (χ0) is 19.8. The molecule has 27 heavy (non-hydrogen) atoms. The number of benzene rings is 2. The summed E-state index contributed by atoms with van der Waals surface area (Å²) >= 11 is 5.21. The minimum atomic E-state index is -0.481. The molecule has 0 saturated carbocycles. The van der Waals surface area contributed by atoms with Crippen LogP contribution < -0.4 is 10.6 Å². The van der Waals surface area contributed by atoms with E-state index in [0.29, 0.717) is 11.5 Å². The topological polar surface area (TPSA) is 84.3 Å². The molecule has 6 nitrogen and oxygen atoms in total. The number of para-hydroxylation sites is 1. The fraction of sp³-hybridized carbons (Fsp3) is 0.200. The van der Waals surface area contributed by atoms with E-state index in [0.717, 1.165) is 17.7 Å².